The molecule has 0 heterocycles. The van der Waals surface area contributed by atoms with Crippen LogP contribution in [0.25, 0.3) is 0 Å². The van der Waals surface area contributed by atoms with E-state index in [4.69, 9.17) is 37.4 Å². The van der Waals surface area contributed by atoms with Crippen molar-refractivity contribution in [2.75, 3.05) is 44.5 Å². The number of rotatable bonds is 14. The van der Waals surface area contributed by atoms with E-state index < -0.39 is 22.5 Å². The van der Waals surface area contributed by atoms with Crippen molar-refractivity contribution in [3.05, 3.63) is 76.3 Å². The van der Waals surface area contributed by atoms with Gasteiger partial charge in [0.1, 0.15) is 12.3 Å². The molecule has 0 atom stereocenters. The molecule has 3 aromatic rings. The molecule has 0 aliphatic rings. The quantitative estimate of drug-likeness (QED) is 0.235. The van der Waals surface area contributed by atoms with Crippen molar-refractivity contribution in [1.29, 1.82) is 0 Å². The summed E-state index contributed by atoms with van der Waals surface area (Å²) in [5, 5.41) is 3.80. The molecular formula is C27H30Cl2N2O6S2. The number of amides is 1. The average molecular weight is 614 g/mol. The summed E-state index contributed by atoms with van der Waals surface area (Å²) in [5.41, 5.74) is 1.26. The molecule has 0 radical (unpaired) electrons. The minimum atomic E-state index is -4.25. The highest BCUT2D eigenvalue weighted by Gasteiger charge is 2.30. The Morgan fingerprint density at radius 2 is 1.59 bits per heavy atom. The van der Waals surface area contributed by atoms with Gasteiger partial charge in [-0.05, 0) is 60.2 Å². The number of thioether (sulfide) groups is 1. The maximum atomic E-state index is 13.8. The van der Waals surface area contributed by atoms with Crippen LogP contribution in [0.4, 0.5) is 5.69 Å². The van der Waals surface area contributed by atoms with E-state index in [1.165, 1.54) is 45.6 Å². The first kappa shape index (κ1) is 30.7. The topological polar surface area (TPSA) is 94.2 Å². The number of anilines is 1. The minimum absolute atomic E-state index is 0.0904. The molecule has 0 unspecified atom stereocenters. The van der Waals surface area contributed by atoms with E-state index in [0.29, 0.717) is 23.7 Å². The number of nitrogens with one attached hydrogen (secondary N) is 1. The van der Waals surface area contributed by atoms with Gasteiger partial charge in [0.2, 0.25) is 5.91 Å². The highest BCUT2D eigenvalue weighted by molar-refractivity contribution is 7.98. The van der Waals surface area contributed by atoms with Gasteiger partial charge in [-0.1, -0.05) is 35.3 Å². The van der Waals surface area contributed by atoms with Crippen LogP contribution in [0.5, 0.6) is 17.2 Å². The number of nitrogens with zero attached hydrogens (tertiary/aromatic N) is 1. The molecule has 3 rings (SSSR count). The third-order valence-electron chi connectivity index (χ3n) is 5.59. The number of carbonyl (C=O) groups excluding carboxylic acids is 1. The van der Waals surface area contributed by atoms with E-state index >= 15 is 0 Å². The summed E-state index contributed by atoms with van der Waals surface area (Å²) in [6.45, 7) is -0.0959. The smallest absolute Gasteiger partial charge is 0.265 e. The summed E-state index contributed by atoms with van der Waals surface area (Å²) in [4.78, 5) is 12.9. The van der Waals surface area contributed by atoms with Gasteiger partial charge in [-0.25, -0.2) is 8.42 Å². The van der Waals surface area contributed by atoms with Crippen LogP contribution in [0.15, 0.2) is 65.6 Å². The van der Waals surface area contributed by atoms with Crippen molar-refractivity contribution >= 4 is 56.6 Å². The molecule has 1 amide bonds. The van der Waals surface area contributed by atoms with Gasteiger partial charge in [0.25, 0.3) is 10.0 Å². The Labute approximate surface area is 243 Å². The summed E-state index contributed by atoms with van der Waals surface area (Å²) in [6.07, 6.45) is 0.708. The molecule has 0 spiro atoms. The van der Waals surface area contributed by atoms with Crippen LogP contribution in [0.3, 0.4) is 0 Å². The number of benzene rings is 3. The average Bonchev–Trinajstić information content (AvgIpc) is 2.93. The van der Waals surface area contributed by atoms with Crippen molar-refractivity contribution in [1.82, 2.24) is 5.32 Å². The third kappa shape index (κ3) is 8.35. The van der Waals surface area contributed by atoms with Gasteiger partial charge < -0.3 is 19.5 Å². The summed E-state index contributed by atoms with van der Waals surface area (Å²) in [7, 11) is 0.0288. The minimum Gasteiger partial charge on any atom is -0.495 e. The number of halogens is 2. The van der Waals surface area contributed by atoms with Gasteiger partial charge in [0.05, 0.1) is 31.9 Å². The maximum Gasteiger partial charge on any atom is 0.265 e. The Balaban J connectivity index is 1.74. The van der Waals surface area contributed by atoms with E-state index in [9.17, 15) is 13.2 Å². The highest BCUT2D eigenvalue weighted by Crippen LogP contribution is 2.37. The Hall–Kier alpha value is -2.79. The van der Waals surface area contributed by atoms with E-state index in [1.54, 1.807) is 23.9 Å². The molecular weight excluding hydrogens is 583 g/mol. The standard InChI is InChI=1S/C27H30Cl2N2O6S2/c1-35-24-10-8-21(29)15-23(24)31(39(33,34)22-9-11-25(36-2)26(16-22)37-3)17-27(32)30-12-5-13-38-18-19-6-4-7-20(28)14-19/h4,6-11,14-16H,5,12-13,17-18H2,1-3H3,(H,30,32). The molecule has 210 valence electrons. The van der Waals surface area contributed by atoms with Gasteiger partial charge in [-0.15, -0.1) is 0 Å². The number of methoxy groups -OCH3 is 3. The second kappa shape index (κ2) is 14.6. The first-order valence-electron chi connectivity index (χ1n) is 11.9. The van der Waals surface area contributed by atoms with Crippen LogP contribution in [0.2, 0.25) is 10.0 Å². The largest absolute Gasteiger partial charge is 0.495 e. The Kier molecular flexibility index (Phi) is 11.5. The second-order valence-corrected chi connectivity index (χ2v) is 12.1. The van der Waals surface area contributed by atoms with Gasteiger partial charge >= 0.3 is 0 Å². The summed E-state index contributed by atoms with van der Waals surface area (Å²) in [6, 6.07) is 16.5. The third-order valence-corrected chi connectivity index (χ3v) is 8.93. The lowest BCUT2D eigenvalue weighted by Gasteiger charge is -2.26. The number of carbonyl (C=O) groups is 1. The summed E-state index contributed by atoms with van der Waals surface area (Å²) in [5.74, 6) is 1.99. The van der Waals surface area contributed by atoms with Crippen LogP contribution in [-0.2, 0) is 20.6 Å². The fourth-order valence-electron chi connectivity index (χ4n) is 3.67. The van der Waals surface area contributed by atoms with E-state index in [-0.39, 0.29) is 27.1 Å². The van der Waals surface area contributed by atoms with Crippen LogP contribution in [-0.4, -0.2) is 54.5 Å². The van der Waals surface area contributed by atoms with Gasteiger partial charge in [-0.3, -0.25) is 9.10 Å². The van der Waals surface area contributed by atoms with Crippen LogP contribution in [0.1, 0.15) is 12.0 Å². The van der Waals surface area contributed by atoms with Crippen LogP contribution >= 0.6 is 35.0 Å². The van der Waals surface area contributed by atoms with Crippen molar-refractivity contribution in [2.24, 2.45) is 0 Å². The maximum absolute atomic E-state index is 13.8. The molecule has 0 bridgehead atoms. The van der Waals surface area contributed by atoms with Gasteiger partial charge in [0.15, 0.2) is 11.5 Å². The molecule has 0 fully saturated rings. The highest BCUT2D eigenvalue weighted by atomic mass is 35.5. The zero-order valence-corrected chi connectivity index (χ0v) is 24.9. The SMILES string of the molecule is COc1ccc(S(=O)(=O)N(CC(=O)NCCCSCc2cccc(Cl)c2)c2cc(Cl)ccc2OC)cc1OC. The monoisotopic (exact) mass is 612 g/mol. The predicted molar refractivity (Wildman–Crippen MR) is 157 cm³/mol. The molecule has 0 saturated heterocycles. The Morgan fingerprint density at radius 3 is 2.28 bits per heavy atom. The van der Waals surface area contributed by atoms with Crippen LogP contribution < -0.4 is 23.8 Å². The summed E-state index contributed by atoms with van der Waals surface area (Å²) < 4.78 is 44.5. The number of ether oxygens (including phenoxy) is 3. The van der Waals surface area contributed by atoms with Crippen molar-refractivity contribution < 1.29 is 27.4 Å². The van der Waals surface area contributed by atoms with E-state index in [1.807, 2.05) is 24.3 Å². The van der Waals surface area contributed by atoms with Crippen molar-refractivity contribution in [3.63, 3.8) is 0 Å². The molecule has 0 aromatic heterocycles. The first-order chi connectivity index (χ1) is 18.7. The molecule has 3 aromatic carbocycles. The lowest BCUT2D eigenvalue weighted by molar-refractivity contribution is -0.119. The second-order valence-electron chi connectivity index (χ2n) is 8.23. The Bertz CT molecular complexity index is 1390. The fourth-order valence-corrected chi connectivity index (χ4v) is 6.39. The lowest BCUT2D eigenvalue weighted by Crippen LogP contribution is -2.41. The molecule has 0 aliphatic heterocycles. The Morgan fingerprint density at radius 1 is 0.897 bits per heavy atom. The summed E-state index contributed by atoms with van der Waals surface area (Å²) >= 11 is 13.9. The first-order valence-corrected chi connectivity index (χ1v) is 15.2. The van der Waals surface area contributed by atoms with Crippen molar-refractivity contribution in [2.45, 2.75) is 17.1 Å². The molecule has 12 heteroatoms. The lowest BCUT2D eigenvalue weighted by atomic mass is 10.2. The van der Waals surface area contributed by atoms with E-state index in [2.05, 4.69) is 5.32 Å². The zero-order chi connectivity index (χ0) is 28.4. The molecule has 39 heavy (non-hydrogen) atoms. The van der Waals surface area contributed by atoms with Gasteiger partial charge in [0, 0.05) is 28.4 Å². The molecule has 1 N–H and O–H groups in total. The molecule has 8 nitrogen and oxygen atoms in total. The number of hydrogen-bond donors (Lipinski definition) is 1. The normalized spacial score (nSPS) is 11.1. The van der Waals surface area contributed by atoms with Crippen molar-refractivity contribution in [3.8, 4) is 17.2 Å². The van der Waals surface area contributed by atoms with Gasteiger partial charge in [-0.2, -0.15) is 11.8 Å². The van der Waals surface area contributed by atoms with Crippen LogP contribution in [0, 0.1) is 0 Å². The number of sulfonamides is 1. The zero-order valence-electron chi connectivity index (χ0n) is 21.8. The fraction of sp³-hybridized carbons (Fsp3) is 0.296. The predicted octanol–water partition coefficient (Wildman–Crippen LogP) is 5.65. The molecule has 0 saturated carbocycles. The van der Waals surface area contributed by atoms with E-state index in [0.717, 1.165) is 21.4 Å². The number of hydrogen-bond acceptors (Lipinski definition) is 7. The molecule has 0 aliphatic carbocycles.